The lowest BCUT2D eigenvalue weighted by Crippen LogP contribution is -1.97. The van der Waals surface area contributed by atoms with Crippen LogP contribution >= 0.6 is 15.9 Å². The molecule has 14 heavy (non-hydrogen) atoms. The minimum Gasteiger partial charge on any atom is -0.493 e. The van der Waals surface area contributed by atoms with E-state index in [0.717, 1.165) is 22.2 Å². The summed E-state index contributed by atoms with van der Waals surface area (Å²) in [4.78, 5) is 0. The topological polar surface area (TPSA) is 9.23 Å². The first kappa shape index (κ1) is 11.1. The highest BCUT2D eigenvalue weighted by molar-refractivity contribution is 9.10. The van der Waals surface area contributed by atoms with Crippen LogP contribution in [0.1, 0.15) is 13.3 Å². The molecular weight excluding hydrogens is 240 g/mol. The Morgan fingerprint density at radius 2 is 2.07 bits per heavy atom. The molecule has 0 spiro atoms. The van der Waals surface area contributed by atoms with Crippen molar-refractivity contribution in [2.45, 2.75) is 13.3 Å². The molecule has 0 aliphatic heterocycles. The first-order valence-electron chi connectivity index (χ1n) is 4.46. The standard InChI is InChI=1S/C12H13BrO/c1-3-10(2)8-9-14-12-6-4-11(13)5-7-12/h4-7H,1,8-9H2,2H3. The zero-order valence-electron chi connectivity index (χ0n) is 8.22. The van der Waals surface area contributed by atoms with Gasteiger partial charge in [0.2, 0.25) is 0 Å². The van der Waals surface area contributed by atoms with Gasteiger partial charge in [0.25, 0.3) is 0 Å². The van der Waals surface area contributed by atoms with E-state index in [9.17, 15) is 0 Å². The van der Waals surface area contributed by atoms with Crippen LogP contribution in [0.15, 0.2) is 46.6 Å². The predicted molar refractivity (Wildman–Crippen MR) is 62.6 cm³/mol. The van der Waals surface area contributed by atoms with Gasteiger partial charge in [-0.25, -0.2) is 0 Å². The van der Waals surface area contributed by atoms with Crippen molar-refractivity contribution in [2.24, 2.45) is 0 Å². The van der Waals surface area contributed by atoms with Crippen LogP contribution in [0.4, 0.5) is 0 Å². The number of halogens is 1. The van der Waals surface area contributed by atoms with Gasteiger partial charge in [0.1, 0.15) is 5.75 Å². The molecule has 0 amide bonds. The smallest absolute Gasteiger partial charge is 0.119 e. The molecule has 0 radical (unpaired) electrons. The van der Waals surface area contributed by atoms with Crippen molar-refractivity contribution in [3.05, 3.63) is 46.6 Å². The molecule has 0 saturated heterocycles. The Labute approximate surface area is 93.2 Å². The van der Waals surface area contributed by atoms with Gasteiger partial charge in [-0.3, -0.25) is 0 Å². The van der Waals surface area contributed by atoms with E-state index in [4.69, 9.17) is 4.74 Å². The first-order valence-corrected chi connectivity index (χ1v) is 5.25. The summed E-state index contributed by atoms with van der Waals surface area (Å²) in [6, 6.07) is 7.81. The van der Waals surface area contributed by atoms with E-state index < -0.39 is 0 Å². The molecule has 74 valence electrons. The molecule has 1 rings (SSSR count). The Morgan fingerprint density at radius 3 is 2.64 bits per heavy atom. The zero-order valence-corrected chi connectivity index (χ0v) is 9.80. The summed E-state index contributed by atoms with van der Waals surface area (Å²) in [7, 11) is 0. The predicted octanol–water partition coefficient (Wildman–Crippen LogP) is 3.95. The quantitative estimate of drug-likeness (QED) is 0.738. The van der Waals surface area contributed by atoms with Gasteiger partial charge in [0.05, 0.1) is 6.61 Å². The summed E-state index contributed by atoms with van der Waals surface area (Å²) < 4.78 is 6.59. The van der Waals surface area contributed by atoms with Gasteiger partial charge in [0.15, 0.2) is 0 Å². The molecule has 0 heterocycles. The summed E-state index contributed by atoms with van der Waals surface area (Å²) in [5.41, 5.74) is 3.97. The summed E-state index contributed by atoms with van der Waals surface area (Å²) >= 11 is 3.37. The molecular formula is C12H13BrO. The van der Waals surface area contributed by atoms with Crippen LogP contribution in [0, 0.1) is 0 Å². The number of ether oxygens (including phenoxy) is 1. The van der Waals surface area contributed by atoms with Crippen LogP contribution in [0.3, 0.4) is 0 Å². The Bertz CT molecular complexity index is 334. The van der Waals surface area contributed by atoms with E-state index in [1.54, 1.807) is 0 Å². The fourth-order valence-corrected chi connectivity index (χ4v) is 1.21. The summed E-state index contributed by atoms with van der Waals surface area (Å²) in [5.74, 6) is 0.894. The van der Waals surface area contributed by atoms with Crippen LogP contribution < -0.4 is 4.74 Å². The average Bonchev–Trinajstić information content (AvgIpc) is 2.21. The fraction of sp³-hybridized carbons (Fsp3) is 0.250. The van der Waals surface area contributed by atoms with Crippen LogP contribution in [-0.2, 0) is 0 Å². The van der Waals surface area contributed by atoms with Gasteiger partial charge in [-0.05, 0) is 36.8 Å². The number of hydrogen-bond acceptors (Lipinski definition) is 1. The van der Waals surface area contributed by atoms with Crippen molar-refractivity contribution < 1.29 is 4.74 Å². The van der Waals surface area contributed by atoms with Crippen LogP contribution in [-0.4, -0.2) is 6.61 Å². The zero-order chi connectivity index (χ0) is 10.4. The van der Waals surface area contributed by atoms with Crippen molar-refractivity contribution in [3.63, 3.8) is 0 Å². The van der Waals surface area contributed by atoms with Gasteiger partial charge in [-0.15, -0.1) is 5.73 Å². The monoisotopic (exact) mass is 252 g/mol. The lowest BCUT2D eigenvalue weighted by atomic mass is 10.2. The van der Waals surface area contributed by atoms with Crippen LogP contribution in [0.5, 0.6) is 5.75 Å². The lowest BCUT2D eigenvalue weighted by Gasteiger charge is -2.05. The highest BCUT2D eigenvalue weighted by Gasteiger charge is 1.93. The van der Waals surface area contributed by atoms with Crippen LogP contribution in [0.2, 0.25) is 0 Å². The SMILES string of the molecule is C=C=C(C)CCOc1ccc(Br)cc1. The second-order valence-electron chi connectivity index (χ2n) is 3.01. The molecule has 0 fully saturated rings. The van der Waals surface area contributed by atoms with Gasteiger partial charge in [-0.1, -0.05) is 22.5 Å². The third-order valence-corrected chi connectivity index (χ3v) is 2.39. The number of rotatable bonds is 4. The van der Waals surface area contributed by atoms with E-state index in [0.29, 0.717) is 6.61 Å². The second kappa shape index (κ2) is 5.69. The molecule has 1 nitrogen and oxygen atoms in total. The molecule has 0 unspecified atom stereocenters. The molecule has 0 atom stereocenters. The Balaban J connectivity index is 2.39. The summed E-state index contributed by atoms with van der Waals surface area (Å²) in [6.45, 7) is 6.25. The van der Waals surface area contributed by atoms with Crippen LogP contribution in [0.25, 0.3) is 0 Å². The molecule has 0 aromatic heterocycles. The van der Waals surface area contributed by atoms with Gasteiger partial charge < -0.3 is 4.74 Å². The van der Waals surface area contributed by atoms with Crippen molar-refractivity contribution in [2.75, 3.05) is 6.61 Å². The fourth-order valence-electron chi connectivity index (χ4n) is 0.941. The third kappa shape index (κ3) is 3.82. The molecule has 0 aliphatic carbocycles. The van der Waals surface area contributed by atoms with E-state index in [2.05, 4.69) is 28.2 Å². The van der Waals surface area contributed by atoms with E-state index >= 15 is 0 Å². The molecule has 0 N–H and O–H groups in total. The Morgan fingerprint density at radius 1 is 1.43 bits per heavy atom. The molecule has 0 bridgehead atoms. The lowest BCUT2D eigenvalue weighted by molar-refractivity contribution is 0.321. The number of benzene rings is 1. The number of hydrogen-bond donors (Lipinski definition) is 0. The van der Waals surface area contributed by atoms with Crippen molar-refractivity contribution in [3.8, 4) is 5.75 Å². The van der Waals surface area contributed by atoms with Crippen molar-refractivity contribution in [1.82, 2.24) is 0 Å². The molecule has 1 aromatic carbocycles. The van der Waals surface area contributed by atoms with Crippen molar-refractivity contribution in [1.29, 1.82) is 0 Å². The molecule has 1 aromatic rings. The maximum atomic E-state index is 5.52. The molecule has 0 saturated carbocycles. The largest absolute Gasteiger partial charge is 0.493 e. The summed E-state index contributed by atoms with van der Waals surface area (Å²) in [6.07, 6.45) is 0.875. The molecule has 2 heteroatoms. The van der Waals surface area contributed by atoms with E-state index in [1.807, 2.05) is 31.2 Å². The Kier molecular flexibility index (Phi) is 4.51. The highest BCUT2D eigenvalue weighted by atomic mass is 79.9. The maximum Gasteiger partial charge on any atom is 0.119 e. The highest BCUT2D eigenvalue weighted by Crippen LogP contribution is 2.16. The van der Waals surface area contributed by atoms with E-state index in [-0.39, 0.29) is 0 Å². The Hall–Kier alpha value is -0.980. The maximum absolute atomic E-state index is 5.52. The second-order valence-corrected chi connectivity index (χ2v) is 3.93. The first-order chi connectivity index (χ1) is 6.72. The summed E-state index contributed by atoms with van der Waals surface area (Å²) in [5, 5.41) is 0. The van der Waals surface area contributed by atoms with Gasteiger partial charge in [0, 0.05) is 10.9 Å². The van der Waals surface area contributed by atoms with Crippen molar-refractivity contribution >= 4 is 15.9 Å². The average molecular weight is 253 g/mol. The van der Waals surface area contributed by atoms with E-state index in [1.165, 1.54) is 0 Å². The normalized spacial score (nSPS) is 9.29. The van der Waals surface area contributed by atoms with Gasteiger partial charge >= 0.3 is 0 Å². The third-order valence-electron chi connectivity index (χ3n) is 1.86. The molecule has 0 aliphatic rings. The van der Waals surface area contributed by atoms with Gasteiger partial charge in [-0.2, -0.15) is 0 Å². The minimum absolute atomic E-state index is 0.677. The minimum atomic E-state index is 0.677.